The van der Waals surface area contributed by atoms with E-state index in [1.807, 2.05) is 54.6 Å². The first-order valence-corrected chi connectivity index (χ1v) is 7.06. The molecule has 0 fully saturated rings. The fraction of sp³-hybridized carbons (Fsp3) is 0.176. The summed E-state index contributed by atoms with van der Waals surface area (Å²) in [5, 5.41) is 3.19. The Morgan fingerprint density at radius 3 is 2.77 bits per heavy atom. The molecule has 1 amide bonds. The Bertz CT molecular complexity index is 698. The molecule has 1 aliphatic rings. The Hall–Kier alpha value is -2.82. The zero-order valence-electron chi connectivity index (χ0n) is 12.3. The van der Waals surface area contributed by atoms with Crippen LogP contribution in [-0.2, 0) is 11.3 Å². The lowest BCUT2D eigenvalue weighted by Gasteiger charge is -2.19. The van der Waals surface area contributed by atoms with Gasteiger partial charge in [-0.05, 0) is 17.7 Å². The maximum absolute atomic E-state index is 12.0. The van der Waals surface area contributed by atoms with Crippen LogP contribution in [0, 0.1) is 0 Å². The lowest BCUT2D eigenvalue weighted by Crippen LogP contribution is -2.36. The first-order valence-electron chi connectivity index (χ1n) is 7.06. The fourth-order valence-electron chi connectivity index (χ4n) is 2.30. The van der Waals surface area contributed by atoms with Crippen LogP contribution in [0.2, 0.25) is 0 Å². The van der Waals surface area contributed by atoms with Crippen molar-refractivity contribution in [2.45, 2.75) is 6.54 Å². The summed E-state index contributed by atoms with van der Waals surface area (Å²) in [5.41, 5.74) is 1.91. The molecule has 0 aromatic heterocycles. The van der Waals surface area contributed by atoms with Gasteiger partial charge in [0.1, 0.15) is 12.3 Å². The van der Waals surface area contributed by atoms with Gasteiger partial charge in [0.25, 0.3) is 5.91 Å². The summed E-state index contributed by atoms with van der Waals surface area (Å²) in [6, 6.07) is 17.4. The monoisotopic (exact) mass is 295 g/mol. The van der Waals surface area contributed by atoms with E-state index in [9.17, 15) is 4.79 Å². The number of carbonyl (C=O) groups excluding carboxylic acids is 1. The van der Waals surface area contributed by atoms with Crippen molar-refractivity contribution in [1.82, 2.24) is 4.90 Å². The molecule has 1 aliphatic heterocycles. The van der Waals surface area contributed by atoms with Gasteiger partial charge in [0.15, 0.2) is 0 Å². The second kappa shape index (κ2) is 6.30. The minimum absolute atomic E-state index is 0.00532. The van der Waals surface area contributed by atoms with E-state index in [-0.39, 0.29) is 12.5 Å². The Balaban J connectivity index is 1.75. The van der Waals surface area contributed by atoms with Crippen LogP contribution in [0.1, 0.15) is 5.56 Å². The summed E-state index contributed by atoms with van der Waals surface area (Å²) in [4.78, 5) is 18.0. The van der Waals surface area contributed by atoms with E-state index in [2.05, 4.69) is 10.3 Å². The first kappa shape index (κ1) is 14.1. The van der Waals surface area contributed by atoms with Crippen LogP contribution in [0.15, 0.2) is 59.6 Å². The number of anilines is 1. The summed E-state index contributed by atoms with van der Waals surface area (Å²) in [6.07, 6.45) is 0. The normalized spacial score (nSPS) is 14.0. The number of guanidine groups is 1. The van der Waals surface area contributed by atoms with Gasteiger partial charge in [0.05, 0.1) is 13.7 Å². The van der Waals surface area contributed by atoms with E-state index in [4.69, 9.17) is 4.74 Å². The molecule has 0 spiro atoms. The molecule has 2 aromatic carbocycles. The smallest absolute Gasteiger partial charge is 0.251 e. The molecule has 3 rings (SSSR count). The maximum Gasteiger partial charge on any atom is 0.251 e. The van der Waals surface area contributed by atoms with E-state index in [1.165, 1.54) is 0 Å². The molecular formula is C17H17N3O2. The lowest BCUT2D eigenvalue weighted by atomic mass is 10.2. The van der Waals surface area contributed by atoms with Crippen LogP contribution in [0.25, 0.3) is 0 Å². The molecule has 0 aliphatic carbocycles. The van der Waals surface area contributed by atoms with Crippen molar-refractivity contribution in [1.29, 1.82) is 0 Å². The van der Waals surface area contributed by atoms with E-state index in [1.54, 1.807) is 12.0 Å². The average Bonchev–Trinajstić information content (AvgIpc) is 2.89. The van der Waals surface area contributed by atoms with Gasteiger partial charge in [-0.1, -0.05) is 36.4 Å². The molecule has 0 atom stereocenters. The molecule has 1 N–H and O–H groups in total. The molecule has 0 unspecified atom stereocenters. The van der Waals surface area contributed by atoms with Crippen LogP contribution in [0.4, 0.5) is 5.69 Å². The Morgan fingerprint density at radius 2 is 2.00 bits per heavy atom. The topological polar surface area (TPSA) is 53.9 Å². The summed E-state index contributed by atoms with van der Waals surface area (Å²) < 4.78 is 5.20. The fourth-order valence-corrected chi connectivity index (χ4v) is 2.30. The minimum atomic E-state index is -0.00532. The number of rotatable bonds is 4. The zero-order valence-corrected chi connectivity index (χ0v) is 12.3. The molecule has 0 saturated heterocycles. The number of hydrogen-bond acceptors (Lipinski definition) is 4. The number of ether oxygens (including phenoxy) is 1. The van der Waals surface area contributed by atoms with Crippen molar-refractivity contribution in [3.63, 3.8) is 0 Å². The molecule has 5 heteroatoms. The molecule has 0 saturated carbocycles. The zero-order chi connectivity index (χ0) is 15.4. The van der Waals surface area contributed by atoms with Crippen molar-refractivity contribution in [3.8, 4) is 5.75 Å². The van der Waals surface area contributed by atoms with Gasteiger partial charge < -0.3 is 10.1 Å². The van der Waals surface area contributed by atoms with E-state index >= 15 is 0 Å². The SMILES string of the molecule is COc1cccc(NC2=NCC(=O)N2Cc2ccccc2)c1. The average molecular weight is 295 g/mol. The molecular weight excluding hydrogens is 278 g/mol. The van der Waals surface area contributed by atoms with E-state index in [0.29, 0.717) is 12.5 Å². The number of aliphatic imine (C=N–C) groups is 1. The first-order chi connectivity index (χ1) is 10.8. The van der Waals surface area contributed by atoms with Crippen LogP contribution in [0.3, 0.4) is 0 Å². The second-order valence-electron chi connectivity index (χ2n) is 4.96. The summed E-state index contributed by atoms with van der Waals surface area (Å²) in [7, 11) is 1.62. The highest BCUT2D eigenvalue weighted by molar-refractivity contribution is 6.08. The largest absolute Gasteiger partial charge is 0.497 e. The number of amides is 1. The molecule has 22 heavy (non-hydrogen) atoms. The highest BCUT2D eigenvalue weighted by Crippen LogP contribution is 2.19. The number of hydrogen-bond donors (Lipinski definition) is 1. The van der Waals surface area contributed by atoms with Crippen molar-refractivity contribution >= 4 is 17.6 Å². The van der Waals surface area contributed by atoms with E-state index in [0.717, 1.165) is 17.0 Å². The molecule has 2 aromatic rings. The standard InChI is InChI=1S/C17H17N3O2/c1-22-15-9-5-8-14(10-15)19-17-18-11-16(21)20(17)12-13-6-3-2-4-7-13/h2-10H,11-12H2,1H3,(H,18,19). The van der Waals surface area contributed by atoms with E-state index < -0.39 is 0 Å². The number of methoxy groups -OCH3 is 1. The summed E-state index contributed by atoms with van der Waals surface area (Å²) >= 11 is 0. The van der Waals surface area contributed by atoms with Crippen molar-refractivity contribution < 1.29 is 9.53 Å². The summed E-state index contributed by atoms with van der Waals surface area (Å²) in [5.74, 6) is 1.32. The van der Waals surface area contributed by atoms with Gasteiger partial charge in [-0.15, -0.1) is 0 Å². The molecule has 5 nitrogen and oxygen atoms in total. The summed E-state index contributed by atoms with van der Waals surface area (Å²) in [6.45, 7) is 0.689. The van der Waals surface area contributed by atoms with Gasteiger partial charge in [-0.3, -0.25) is 9.69 Å². The third kappa shape index (κ3) is 3.09. The Morgan fingerprint density at radius 1 is 1.18 bits per heavy atom. The quantitative estimate of drug-likeness (QED) is 0.943. The number of nitrogens with one attached hydrogen (secondary N) is 1. The third-order valence-electron chi connectivity index (χ3n) is 3.43. The number of nitrogens with zero attached hydrogens (tertiary/aromatic N) is 2. The minimum Gasteiger partial charge on any atom is -0.497 e. The van der Waals surface area contributed by atoms with Gasteiger partial charge in [-0.25, -0.2) is 4.99 Å². The van der Waals surface area contributed by atoms with Crippen LogP contribution < -0.4 is 10.1 Å². The number of benzene rings is 2. The third-order valence-corrected chi connectivity index (χ3v) is 3.43. The van der Waals surface area contributed by atoms with Crippen LogP contribution >= 0.6 is 0 Å². The predicted molar refractivity (Wildman–Crippen MR) is 85.9 cm³/mol. The molecule has 112 valence electrons. The lowest BCUT2D eigenvalue weighted by molar-refractivity contribution is -0.125. The Kier molecular flexibility index (Phi) is 4.05. The van der Waals surface area contributed by atoms with Gasteiger partial charge in [-0.2, -0.15) is 0 Å². The second-order valence-corrected chi connectivity index (χ2v) is 4.96. The molecule has 1 heterocycles. The highest BCUT2D eigenvalue weighted by atomic mass is 16.5. The van der Waals surface area contributed by atoms with Crippen molar-refractivity contribution in [3.05, 3.63) is 60.2 Å². The predicted octanol–water partition coefficient (Wildman–Crippen LogP) is 2.51. The maximum atomic E-state index is 12.0. The van der Waals surface area contributed by atoms with Crippen molar-refractivity contribution in [2.24, 2.45) is 4.99 Å². The highest BCUT2D eigenvalue weighted by Gasteiger charge is 2.25. The van der Waals surface area contributed by atoms with Gasteiger partial charge >= 0.3 is 0 Å². The van der Waals surface area contributed by atoms with Gasteiger partial charge in [0, 0.05) is 11.8 Å². The Labute approximate surface area is 129 Å². The van der Waals surface area contributed by atoms with Crippen LogP contribution in [-0.4, -0.2) is 30.4 Å². The molecule has 0 radical (unpaired) electrons. The molecule has 0 bridgehead atoms. The van der Waals surface area contributed by atoms with Crippen LogP contribution in [0.5, 0.6) is 5.75 Å². The van der Waals surface area contributed by atoms with Crippen molar-refractivity contribution in [2.75, 3.05) is 19.0 Å². The number of carbonyl (C=O) groups is 1. The van der Waals surface area contributed by atoms with Gasteiger partial charge in [0.2, 0.25) is 5.96 Å².